The minimum atomic E-state index is 0.430. The van der Waals surface area contributed by atoms with Gasteiger partial charge in [0, 0.05) is 5.92 Å². The topological polar surface area (TPSA) is 17.1 Å². The fourth-order valence-corrected chi connectivity index (χ4v) is 3.44. The van der Waals surface area contributed by atoms with Gasteiger partial charge < -0.3 is 0 Å². The van der Waals surface area contributed by atoms with Crippen molar-refractivity contribution in [3.05, 3.63) is 0 Å². The van der Waals surface area contributed by atoms with Crippen LogP contribution in [0.2, 0.25) is 0 Å². The summed E-state index contributed by atoms with van der Waals surface area (Å²) in [4.78, 5) is 11.5. The van der Waals surface area contributed by atoms with Crippen LogP contribution in [0.1, 0.15) is 51.9 Å². The van der Waals surface area contributed by atoms with E-state index in [1.807, 2.05) is 0 Å². The normalized spacial score (nSPS) is 39.6. The van der Waals surface area contributed by atoms with Crippen LogP contribution in [0.15, 0.2) is 0 Å². The number of carbonyl (C=O) groups excluding carboxylic acids is 1. The third-order valence-electron chi connectivity index (χ3n) is 4.10. The summed E-state index contributed by atoms with van der Waals surface area (Å²) in [5, 5.41) is 0. The third kappa shape index (κ3) is 1.79. The second-order valence-corrected chi connectivity index (χ2v) is 4.86. The van der Waals surface area contributed by atoms with Gasteiger partial charge in [-0.1, -0.05) is 32.1 Å². The van der Waals surface area contributed by atoms with Crippen LogP contribution in [-0.4, -0.2) is 5.78 Å². The molecule has 13 heavy (non-hydrogen) atoms. The van der Waals surface area contributed by atoms with Crippen LogP contribution in [0, 0.1) is 17.8 Å². The van der Waals surface area contributed by atoms with E-state index < -0.39 is 0 Å². The summed E-state index contributed by atoms with van der Waals surface area (Å²) < 4.78 is 0. The molecule has 1 unspecified atom stereocenters. The lowest BCUT2D eigenvalue weighted by molar-refractivity contribution is -0.125. The first kappa shape index (κ1) is 9.23. The lowest BCUT2D eigenvalue weighted by Gasteiger charge is -2.40. The molecule has 0 aromatic rings. The zero-order chi connectivity index (χ0) is 9.26. The number of hydrogen-bond donors (Lipinski definition) is 0. The molecule has 0 aliphatic heterocycles. The molecule has 0 N–H and O–H groups in total. The second kappa shape index (κ2) is 3.81. The molecule has 2 saturated carbocycles. The first-order chi connectivity index (χ1) is 6.29. The lowest BCUT2D eigenvalue weighted by atomic mass is 9.64. The van der Waals surface area contributed by atoms with E-state index in [1.165, 1.54) is 44.9 Å². The molecule has 0 saturated heterocycles. The van der Waals surface area contributed by atoms with Crippen LogP contribution in [0.5, 0.6) is 0 Å². The van der Waals surface area contributed by atoms with Gasteiger partial charge in [0.1, 0.15) is 5.78 Å². The molecule has 74 valence electrons. The first-order valence-electron chi connectivity index (χ1n) is 5.79. The summed E-state index contributed by atoms with van der Waals surface area (Å²) in [6.07, 6.45) is 9.37. The van der Waals surface area contributed by atoms with E-state index in [1.54, 1.807) is 6.92 Å². The van der Waals surface area contributed by atoms with Crippen molar-refractivity contribution in [1.29, 1.82) is 0 Å². The van der Waals surface area contributed by atoms with E-state index >= 15 is 0 Å². The van der Waals surface area contributed by atoms with Crippen molar-refractivity contribution in [2.75, 3.05) is 0 Å². The summed E-state index contributed by atoms with van der Waals surface area (Å²) in [6.45, 7) is 1.79. The van der Waals surface area contributed by atoms with Crippen molar-refractivity contribution in [1.82, 2.24) is 0 Å². The quantitative estimate of drug-likeness (QED) is 0.605. The minimum absolute atomic E-state index is 0.430. The van der Waals surface area contributed by atoms with Gasteiger partial charge in [0.15, 0.2) is 0 Å². The SMILES string of the molecule is CC(=O)[C@@H]1CCCC2CCCC[C@@H]21. The van der Waals surface area contributed by atoms with Crippen LogP contribution < -0.4 is 0 Å². The fraction of sp³-hybridized carbons (Fsp3) is 0.917. The van der Waals surface area contributed by atoms with Gasteiger partial charge in [0.05, 0.1) is 0 Å². The summed E-state index contributed by atoms with van der Waals surface area (Å²) in [5.74, 6) is 2.55. The van der Waals surface area contributed by atoms with E-state index in [4.69, 9.17) is 0 Å². The number of ketones is 1. The Balaban J connectivity index is 2.06. The Hall–Kier alpha value is -0.330. The van der Waals surface area contributed by atoms with E-state index in [0.29, 0.717) is 11.7 Å². The molecular formula is C12H20O. The van der Waals surface area contributed by atoms with E-state index in [2.05, 4.69) is 0 Å². The molecule has 0 aromatic heterocycles. The maximum Gasteiger partial charge on any atom is 0.133 e. The molecule has 1 heteroatoms. The highest BCUT2D eigenvalue weighted by Gasteiger charge is 2.36. The Morgan fingerprint density at radius 2 is 1.69 bits per heavy atom. The average molecular weight is 180 g/mol. The summed E-state index contributed by atoms with van der Waals surface area (Å²) in [6, 6.07) is 0. The largest absolute Gasteiger partial charge is 0.300 e. The van der Waals surface area contributed by atoms with Gasteiger partial charge in [-0.15, -0.1) is 0 Å². The molecule has 0 heterocycles. The van der Waals surface area contributed by atoms with Gasteiger partial charge in [-0.3, -0.25) is 4.79 Å². The number of rotatable bonds is 1. The van der Waals surface area contributed by atoms with Crippen molar-refractivity contribution < 1.29 is 4.79 Å². The van der Waals surface area contributed by atoms with Gasteiger partial charge in [0.25, 0.3) is 0 Å². The van der Waals surface area contributed by atoms with Gasteiger partial charge >= 0.3 is 0 Å². The van der Waals surface area contributed by atoms with Crippen molar-refractivity contribution >= 4 is 5.78 Å². The van der Waals surface area contributed by atoms with Crippen LogP contribution in [0.4, 0.5) is 0 Å². The molecular weight excluding hydrogens is 160 g/mol. The summed E-state index contributed by atoms with van der Waals surface area (Å²) in [7, 11) is 0. The predicted octanol–water partition coefficient (Wildman–Crippen LogP) is 3.18. The van der Waals surface area contributed by atoms with Crippen molar-refractivity contribution in [3.63, 3.8) is 0 Å². The highest BCUT2D eigenvalue weighted by molar-refractivity contribution is 5.78. The van der Waals surface area contributed by atoms with Crippen LogP contribution in [0.25, 0.3) is 0 Å². The summed E-state index contributed by atoms with van der Waals surface area (Å²) >= 11 is 0. The molecule has 0 radical (unpaired) electrons. The lowest BCUT2D eigenvalue weighted by Crippen LogP contribution is -2.34. The molecule has 3 atom stereocenters. The van der Waals surface area contributed by atoms with E-state index in [9.17, 15) is 4.79 Å². The number of fused-ring (bicyclic) bond motifs is 1. The molecule has 2 rings (SSSR count). The van der Waals surface area contributed by atoms with E-state index in [-0.39, 0.29) is 0 Å². The molecule has 2 aliphatic carbocycles. The van der Waals surface area contributed by atoms with Crippen LogP contribution >= 0.6 is 0 Å². The number of carbonyl (C=O) groups is 1. The van der Waals surface area contributed by atoms with Crippen molar-refractivity contribution in [2.45, 2.75) is 51.9 Å². The van der Waals surface area contributed by atoms with Gasteiger partial charge in [-0.05, 0) is 31.6 Å². The van der Waals surface area contributed by atoms with Gasteiger partial charge in [0.2, 0.25) is 0 Å². The van der Waals surface area contributed by atoms with Crippen molar-refractivity contribution in [3.8, 4) is 0 Å². The van der Waals surface area contributed by atoms with Crippen LogP contribution in [-0.2, 0) is 4.79 Å². The first-order valence-corrected chi connectivity index (χ1v) is 5.79. The molecule has 2 aliphatic rings. The fourth-order valence-electron chi connectivity index (χ4n) is 3.44. The zero-order valence-corrected chi connectivity index (χ0v) is 8.59. The number of Topliss-reactive ketones (excluding diaryl/α,β-unsaturated/α-hetero) is 1. The maximum atomic E-state index is 11.5. The third-order valence-corrected chi connectivity index (χ3v) is 4.10. The Morgan fingerprint density at radius 3 is 2.46 bits per heavy atom. The Kier molecular flexibility index (Phi) is 2.71. The zero-order valence-electron chi connectivity index (χ0n) is 8.59. The van der Waals surface area contributed by atoms with Gasteiger partial charge in [-0.25, -0.2) is 0 Å². The standard InChI is InChI=1S/C12H20O/c1-9(13)11-8-4-6-10-5-2-3-7-12(10)11/h10-12H,2-8H2,1H3/t10?,11-,12-/m0/s1. The highest BCUT2D eigenvalue weighted by Crippen LogP contribution is 2.43. The minimum Gasteiger partial charge on any atom is -0.300 e. The molecule has 2 fully saturated rings. The van der Waals surface area contributed by atoms with Crippen LogP contribution in [0.3, 0.4) is 0 Å². The Morgan fingerprint density at radius 1 is 1.00 bits per heavy atom. The smallest absolute Gasteiger partial charge is 0.133 e. The highest BCUT2D eigenvalue weighted by atomic mass is 16.1. The Labute approximate surface area is 80.9 Å². The number of hydrogen-bond acceptors (Lipinski definition) is 1. The second-order valence-electron chi connectivity index (χ2n) is 4.86. The summed E-state index contributed by atoms with van der Waals surface area (Å²) in [5.41, 5.74) is 0. The predicted molar refractivity (Wildman–Crippen MR) is 53.5 cm³/mol. The van der Waals surface area contributed by atoms with E-state index in [0.717, 1.165) is 11.8 Å². The van der Waals surface area contributed by atoms with Crippen molar-refractivity contribution in [2.24, 2.45) is 17.8 Å². The molecule has 0 aromatic carbocycles. The molecule has 1 nitrogen and oxygen atoms in total. The average Bonchev–Trinajstić information content (AvgIpc) is 2.17. The molecule has 0 bridgehead atoms. The monoisotopic (exact) mass is 180 g/mol. The maximum absolute atomic E-state index is 11.5. The Bertz CT molecular complexity index is 195. The van der Waals surface area contributed by atoms with Gasteiger partial charge in [-0.2, -0.15) is 0 Å². The molecule has 0 amide bonds. The molecule has 0 spiro atoms.